The van der Waals surface area contributed by atoms with Crippen LogP contribution < -0.4 is 10.9 Å². The zero-order chi connectivity index (χ0) is 10.9. The molecule has 0 amide bonds. The molecule has 1 aliphatic rings. The topological polar surface area (TPSA) is 57.8 Å². The quantitative estimate of drug-likeness (QED) is 0.777. The minimum absolute atomic E-state index is 0.157. The molecule has 1 saturated carbocycles. The van der Waals surface area contributed by atoms with Crippen molar-refractivity contribution >= 4 is 5.69 Å². The molecule has 1 atom stereocenters. The number of aromatic nitrogens is 2. The molecule has 1 fully saturated rings. The Bertz CT molecular complexity index is 397. The second-order valence-electron chi connectivity index (χ2n) is 4.91. The van der Waals surface area contributed by atoms with Gasteiger partial charge in [-0.15, -0.1) is 0 Å². The molecule has 0 bridgehead atoms. The molecule has 1 unspecified atom stereocenters. The Morgan fingerprint density at radius 1 is 1.60 bits per heavy atom. The maximum Gasteiger partial charge on any atom is 0.266 e. The number of anilines is 1. The standard InChI is InChI=1S/C11H17N3O/c1-11(2)5-3-4-9(11)13-8-6-10(15)14-12-7-8/h6-7,9H,3-5H2,1-2H3,(H2,13,14,15). The van der Waals surface area contributed by atoms with E-state index in [0.29, 0.717) is 11.5 Å². The smallest absolute Gasteiger partial charge is 0.266 e. The van der Waals surface area contributed by atoms with Crippen molar-refractivity contribution < 1.29 is 0 Å². The van der Waals surface area contributed by atoms with E-state index in [1.807, 2.05) is 0 Å². The van der Waals surface area contributed by atoms with Crippen molar-refractivity contribution in [1.29, 1.82) is 0 Å². The maximum atomic E-state index is 11.1. The van der Waals surface area contributed by atoms with Crippen LogP contribution in [0.1, 0.15) is 33.1 Å². The molecule has 0 aliphatic heterocycles. The van der Waals surface area contributed by atoms with Gasteiger partial charge in [0.05, 0.1) is 11.9 Å². The van der Waals surface area contributed by atoms with E-state index in [2.05, 4.69) is 29.4 Å². The summed E-state index contributed by atoms with van der Waals surface area (Å²) in [4.78, 5) is 11.1. The Morgan fingerprint density at radius 3 is 3.00 bits per heavy atom. The average molecular weight is 207 g/mol. The van der Waals surface area contributed by atoms with E-state index in [1.54, 1.807) is 12.3 Å². The number of aromatic amines is 1. The van der Waals surface area contributed by atoms with Crippen LogP contribution in [0.2, 0.25) is 0 Å². The number of hydrogen-bond acceptors (Lipinski definition) is 3. The molecule has 1 heterocycles. The predicted octanol–water partition coefficient (Wildman–Crippen LogP) is 1.76. The first-order valence-electron chi connectivity index (χ1n) is 5.39. The van der Waals surface area contributed by atoms with Gasteiger partial charge in [0, 0.05) is 12.1 Å². The molecule has 0 spiro atoms. The fourth-order valence-electron chi connectivity index (χ4n) is 2.25. The normalized spacial score (nSPS) is 24.0. The summed E-state index contributed by atoms with van der Waals surface area (Å²) in [6.45, 7) is 4.52. The largest absolute Gasteiger partial charge is 0.380 e. The second kappa shape index (κ2) is 3.68. The molecule has 2 rings (SSSR count). The third-order valence-electron chi connectivity index (χ3n) is 3.26. The highest BCUT2D eigenvalue weighted by Gasteiger charge is 2.34. The molecular formula is C11H17N3O. The Balaban J connectivity index is 2.12. The van der Waals surface area contributed by atoms with Crippen LogP contribution in [0, 0.1) is 5.41 Å². The van der Waals surface area contributed by atoms with Crippen molar-refractivity contribution in [2.45, 2.75) is 39.2 Å². The summed E-state index contributed by atoms with van der Waals surface area (Å²) in [6, 6.07) is 2.00. The van der Waals surface area contributed by atoms with Crippen LogP contribution in [0.4, 0.5) is 5.69 Å². The van der Waals surface area contributed by atoms with Gasteiger partial charge in [-0.1, -0.05) is 20.3 Å². The van der Waals surface area contributed by atoms with Gasteiger partial charge in [0.2, 0.25) is 0 Å². The first-order chi connectivity index (χ1) is 7.08. The van der Waals surface area contributed by atoms with Crippen LogP contribution in [0.15, 0.2) is 17.1 Å². The first kappa shape index (κ1) is 10.2. The van der Waals surface area contributed by atoms with Crippen molar-refractivity contribution in [1.82, 2.24) is 10.2 Å². The van der Waals surface area contributed by atoms with E-state index in [9.17, 15) is 4.79 Å². The van der Waals surface area contributed by atoms with Crippen LogP contribution in [-0.2, 0) is 0 Å². The third-order valence-corrected chi connectivity index (χ3v) is 3.26. The molecule has 1 aromatic rings. The van der Waals surface area contributed by atoms with Gasteiger partial charge in [-0.2, -0.15) is 5.10 Å². The van der Waals surface area contributed by atoms with Gasteiger partial charge in [0.15, 0.2) is 0 Å². The van der Waals surface area contributed by atoms with Gasteiger partial charge >= 0.3 is 0 Å². The highest BCUT2D eigenvalue weighted by molar-refractivity contribution is 5.40. The molecule has 82 valence electrons. The minimum Gasteiger partial charge on any atom is -0.380 e. The molecule has 2 N–H and O–H groups in total. The van der Waals surface area contributed by atoms with Gasteiger partial charge in [-0.3, -0.25) is 4.79 Å². The molecular weight excluding hydrogens is 190 g/mol. The minimum atomic E-state index is -0.157. The highest BCUT2D eigenvalue weighted by atomic mass is 16.1. The van der Waals surface area contributed by atoms with Crippen LogP contribution in [0.3, 0.4) is 0 Å². The van der Waals surface area contributed by atoms with Gasteiger partial charge in [-0.25, -0.2) is 5.10 Å². The lowest BCUT2D eigenvalue weighted by Crippen LogP contribution is -2.31. The molecule has 4 heteroatoms. The van der Waals surface area contributed by atoms with Crippen LogP contribution in [-0.4, -0.2) is 16.2 Å². The summed E-state index contributed by atoms with van der Waals surface area (Å²) >= 11 is 0. The van der Waals surface area contributed by atoms with E-state index in [0.717, 1.165) is 5.69 Å². The van der Waals surface area contributed by atoms with Gasteiger partial charge in [0.1, 0.15) is 0 Å². The van der Waals surface area contributed by atoms with Crippen molar-refractivity contribution in [3.8, 4) is 0 Å². The Morgan fingerprint density at radius 2 is 2.40 bits per heavy atom. The zero-order valence-electron chi connectivity index (χ0n) is 9.21. The Kier molecular flexibility index (Phi) is 2.50. The van der Waals surface area contributed by atoms with Crippen molar-refractivity contribution in [2.24, 2.45) is 5.41 Å². The third kappa shape index (κ3) is 2.19. The summed E-state index contributed by atoms with van der Waals surface area (Å²) in [5.41, 5.74) is 0.970. The van der Waals surface area contributed by atoms with E-state index in [4.69, 9.17) is 0 Å². The average Bonchev–Trinajstić information content (AvgIpc) is 2.46. The molecule has 0 radical (unpaired) electrons. The van der Waals surface area contributed by atoms with Crippen LogP contribution in [0.25, 0.3) is 0 Å². The lowest BCUT2D eigenvalue weighted by atomic mass is 9.87. The lowest BCUT2D eigenvalue weighted by Gasteiger charge is -2.28. The summed E-state index contributed by atoms with van der Waals surface area (Å²) in [5.74, 6) is 0. The van der Waals surface area contributed by atoms with E-state index in [-0.39, 0.29) is 5.56 Å². The van der Waals surface area contributed by atoms with E-state index < -0.39 is 0 Å². The molecule has 15 heavy (non-hydrogen) atoms. The number of H-pyrrole nitrogens is 1. The Labute approximate surface area is 89.1 Å². The lowest BCUT2D eigenvalue weighted by molar-refractivity contribution is 0.350. The summed E-state index contributed by atoms with van der Waals surface area (Å²) < 4.78 is 0. The Hall–Kier alpha value is -1.32. The van der Waals surface area contributed by atoms with Gasteiger partial charge < -0.3 is 5.32 Å². The summed E-state index contributed by atoms with van der Waals surface area (Å²) in [7, 11) is 0. The fourth-order valence-corrected chi connectivity index (χ4v) is 2.25. The van der Waals surface area contributed by atoms with Crippen LogP contribution >= 0.6 is 0 Å². The monoisotopic (exact) mass is 207 g/mol. The van der Waals surface area contributed by atoms with Crippen molar-refractivity contribution in [3.63, 3.8) is 0 Å². The zero-order valence-corrected chi connectivity index (χ0v) is 9.21. The SMILES string of the molecule is CC1(C)CCCC1Nc1cn[nH]c(=O)c1. The number of nitrogens with zero attached hydrogens (tertiary/aromatic N) is 1. The van der Waals surface area contributed by atoms with Gasteiger partial charge in [0.25, 0.3) is 5.56 Å². The fraction of sp³-hybridized carbons (Fsp3) is 0.636. The molecule has 1 aliphatic carbocycles. The van der Waals surface area contributed by atoms with Crippen molar-refractivity contribution in [3.05, 3.63) is 22.6 Å². The maximum absolute atomic E-state index is 11.1. The highest BCUT2D eigenvalue weighted by Crippen LogP contribution is 2.38. The molecule has 0 saturated heterocycles. The molecule has 4 nitrogen and oxygen atoms in total. The number of rotatable bonds is 2. The van der Waals surface area contributed by atoms with E-state index in [1.165, 1.54) is 19.3 Å². The van der Waals surface area contributed by atoms with E-state index >= 15 is 0 Å². The van der Waals surface area contributed by atoms with Crippen LogP contribution in [0.5, 0.6) is 0 Å². The predicted molar refractivity (Wildman–Crippen MR) is 59.9 cm³/mol. The number of nitrogens with one attached hydrogen (secondary N) is 2. The van der Waals surface area contributed by atoms with Crippen molar-refractivity contribution in [2.75, 3.05) is 5.32 Å². The first-order valence-corrected chi connectivity index (χ1v) is 5.39. The van der Waals surface area contributed by atoms with Gasteiger partial charge in [-0.05, 0) is 18.3 Å². The molecule has 1 aromatic heterocycles. The summed E-state index contributed by atoms with van der Waals surface area (Å²) in [6.07, 6.45) is 5.32. The molecule has 0 aromatic carbocycles. The number of hydrogen-bond donors (Lipinski definition) is 2. The summed E-state index contributed by atoms with van der Waals surface area (Å²) in [5, 5.41) is 9.54. The second-order valence-corrected chi connectivity index (χ2v) is 4.91.